The lowest BCUT2D eigenvalue weighted by Crippen LogP contribution is -2.47. The zero-order valence-corrected chi connectivity index (χ0v) is 11.6. The van der Waals surface area contributed by atoms with Gasteiger partial charge in [0.25, 0.3) is 0 Å². The fourth-order valence-electron chi connectivity index (χ4n) is 1.50. The van der Waals surface area contributed by atoms with Crippen LogP contribution >= 0.6 is 11.6 Å². The molecule has 104 valence electrons. The fourth-order valence-corrected chi connectivity index (χ4v) is 1.70. The molecule has 5 nitrogen and oxygen atoms in total. The summed E-state index contributed by atoms with van der Waals surface area (Å²) in [5.74, 6) is -1.32. The smallest absolute Gasteiger partial charge is 0.332 e. The number of carbonyl (C=O) groups excluding carboxylic acids is 2. The second-order valence-corrected chi connectivity index (χ2v) is 4.45. The number of nitrogens with one attached hydrogen (secondary N) is 1. The Bertz CT molecular complexity index is 465. The molecule has 0 radical (unpaired) electrons. The first-order chi connectivity index (χ1) is 8.95. The van der Waals surface area contributed by atoms with Gasteiger partial charge in [0.2, 0.25) is 5.91 Å². The molecule has 3 N–H and O–H groups in total. The van der Waals surface area contributed by atoms with Crippen LogP contribution in [0.15, 0.2) is 24.3 Å². The van der Waals surface area contributed by atoms with Crippen molar-refractivity contribution < 1.29 is 14.3 Å². The van der Waals surface area contributed by atoms with Gasteiger partial charge < -0.3 is 15.8 Å². The number of carbonyl (C=O) groups is 2. The number of halogens is 1. The maximum Gasteiger partial charge on any atom is 0.332 e. The third kappa shape index (κ3) is 4.54. The van der Waals surface area contributed by atoms with E-state index in [1.54, 1.807) is 32.0 Å². The molecule has 0 saturated carbocycles. The largest absolute Gasteiger partial charge is 0.464 e. The first kappa shape index (κ1) is 15.5. The van der Waals surface area contributed by atoms with E-state index in [-0.39, 0.29) is 12.6 Å². The summed E-state index contributed by atoms with van der Waals surface area (Å²) < 4.78 is 4.69. The van der Waals surface area contributed by atoms with Crippen LogP contribution in [-0.4, -0.2) is 24.5 Å². The number of hydrogen-bond donors (Lipinski definition) is 2. The molecule has 1 rings (SSSR count). The highest BCUT2D eigenvalue weighted by Gasteiger charge is 2.24. The minimum absolute atomic E-state index is 0.184. The summed E-state index contributed by atoms with van der Waals surface area (Å²) in [4.78, 5) is 23.1. The van der Waals surface area contributed by atoms with E-state index < -0.39 is 17.9 Å². The summed E-state index contributed by atoms with van der Waals surface area (Å²) in [5.41, 5.74) is 6.32. The van der Waals surface area contributed by atoms with Crippen molar-refractivity contribution in [2.75, 3.05) is 6.61 Å². The van der Waals surface area contributed by atoms with E-state index in [9.17, 15) is 9.59 Å². The van der Waals surface area contributed by atoms with E-state index in [0.717, 1.165) is 5.56 Å². The second kappa shape index (κ2) is 7.11. The van der Waals surface area contributed by atoms with Crippen LogP contribution in [0.1, 0.15) is 25.5 Å². The minimum Gasteiger partial charge on any atom is -0.464 e. The van der Waals surface area contributed by atoms with Gasteiger partial charge in [-0.05, 0) is 31.5 Å². The number of hydrogen-bond acceptors (Lipinski definition) is 4. The lowest BCUT2D eigenvalue weighted by Gasteiger charge is -2.17. The van der Waals surface area contributed by atoms with E-state index in [1.165, 1.54) is 0 Å². The Hall–Kier alpha value is -1.59. The Morgan fingerprint density at radius 2 is 2.16 bits per heavy atom. The second-order valence-electron chi connectivity index (χ2n) is 4.02. The van der Waals surface area contributed by atoms with Gasteiger partial charge in [0.05, 0.1) is 12.6 Å². The van der Waals surface area contributed by atoms with Crippen molar-refractivity contribution in [2.45, 2.75) is 25.9 Å². The van der Waals surface area contributed by atoms with E-state index in [1.807, 2.05) is 6.07 Å². The Labute approximate surface area is 117 Å². The summed E-state index contributed by atoms with van der Waals surface area (Å²) >= 11 is 5.87. The van der Waals surface area contributed by atoms with Crippen molar-refractivity contribution in [1.29, 1.82) is 0 Å². The van der Waals surface area contributed by atoms with Crippen molar-refractivity contribution in [3.63, 3.8) is 0 Å². The van der Waals surface area contributed by atoms with E-state index in [2.05, 4.69) is 10.1 Å². The van der Waals surface area contributed by atoms with Gasteiger partial charge in [-0.2, -0.15) is 0 Å². The number of ether oxygens (including phenoxy) is 1. The van der Waals surface area contributed by atoms with Gasteiger partial charge in [-0.1, -0.05) is 23.7 Å². The van der Waals surface area contributed by atoms with Crippen molar-refractivity contribution in [3.8, 4) is 0 Å². The lowest BCUT2D eigenvalue weighted by atomic mass is 10.1. The number of amides is 1. The van der Waals surface area contributed by atoms with Crippen LogP contribution in [0.4, 0.5) is 0 Å². The standard InChI is InChI=1S/C13H17ClN2O3/c1-3-19-13(18)11(15)12(17)16-8(2)9-5-4-6-10(14)7-9/h4-8,11H,3,15H2,1-2H3,(H,16,17)/t8-,11?/m0/s1. The molecule has 1 aromatic rings. The zero-order valence-electron chi connectivity index (χ0n) is 10.9. The molecule has 19 heavy (non-hydrogen) atoms. The van der Waals surface area contributed by atoms with E-state index >= 15 is 0 Å². The van der Waals surface area contributed by atoms with Crippen molar-refractivity contribution in [1.82, 2.24) is 5.32 Å². The molecular formula is C13H17ClN2O3. The molecular weight excluding hydrogens is 268 g/mol. The molecule has 0 fully saturated rings. The predicted octanol–water partition coefficient (Wildman–Crippen LogP) is 1.41. The lowest BCUT2D eigenvalue weighted by molar-refractivity contribution is -0.148. The molecule has 0 aromatic heterocycles. The normalized spacial score (nSPS) is 13.5. The summed E-state index contributed by atoms with van der Waals surface area (Å²) in [6, 6.07) is 5.47. The molecule has 0 aliphatic heterocycles. The highest BCUT2D eigenvalue weighted by molar-refractivity contribution is 6.30. The first-order valence-corrected chi connectivity index (χ1v) is 6.31. The average Bonchev–Trinajstić information content (AvgIpc) is 2.37. The third-order valence-electron chi connectivity index (χ3n) is 2.53. The molecule has 0 spiro atoms. The van der Waals surface area contributed by atoms with Gasteiger partial charge in [0.1, 0.15) is 0 Å². The number of nitrogens with two attached hydrogens (primary N) is 1. The molecule has 6 heteroatoms. The Balaban J connectivity index is 2.64. The highest BCUT2D eigenvalue weighted by atomic mass is 35.5. The molecule has 1 amide bonds. The van der Waals surface area contributed by atoms with Crippen LogP contribution in [0.2, 0.25) is 5.02 Å². The van der Waals surface area contributed by atoms with Crippen LogP contribution in [0.5, 0.6) is 0 Å². The molecule has 0 aliphatic carbocycles. The summed E-state index contributed by atoms with van der Waals surface area (Å²) in [7, 11) is 0. The maximum absolute atomic E-state index is 11.8. The monoisotopic (exact) mass is 284 g/mol. The Kier molecular flexibility index (Phi) is 5.79. The van der Waals surface area contributed by atoms with Crippen molar-refractivity contribution in [3.05, 3.63) is 34.9 Å². The van der Waals surface area contributed by atoms with Gasteiger partial charge >= 0.3 is 5.97 Å². The van der Waals surface area contributed by atoms with Crippen LogP contribution in [0.3, 0.4) is 0 Å². The fraction of sp³-hybridized carbons (Fsp3) is 0.385. The summed E-state index contributed by atoms with van der Waals surface area (Å²) in [5, 5.41) is 3.22. The van der Waals surface area contributed by atoms with Crippen molar-refractivity contribution >= 4 is 23.5 Å². The van der Waals surface area contributed by atoms with E-state index in [4.69, 9.17) is 17.3 Å². The van der Waals surface area contributed by atoms with Gasteiger partial charge in [0, 0.05) is 5.02 Å². The van der Waals surface area contributed by atoms with Gasteiger partial charge in [-0.25, -0.2) is 4.79 Å². The highest BCUT2D eigenvalue weighted by Crippen LogP contribution is 2.17. The SMILES string of the molecule is CCOC(=O)C(N)C(=O)N[C@@H](C)c1cccc(Cl)c1. The Morgan fingerprint density at radius 3 is 2.74 bits per heavy atom. The van der Waals surface area contributed by atoms with Crippen LogP contribution in [0.25, 0.3) is 0 Å². The number of benzene rings is 1. The summed E-state index contributed by atoms with van der Waals surface area (Å²) in [6.07, 6.45) is 0. The van der Waals surface area contributed by atoms with E-state index in [0.29, 0.717) is 5.02 Å². The molecule has 0 aliphatic rings. The number of esters is 1. The van der Waals surface area contributed by atoms with Crippen LogP contribution < -0.4 is 11.1 Å². The molecule has 1 unspecified atom stereocenters. The zero-order chi connectivity index (χ0) is 14.4. The van der Waals surface area contributed by atoms with Crippen LogP contribution in [0, 0.1) is 0 Å². The first-order valence-electron chi connectivity index (χ1n) is 5.93. The third-order valence-corrected chi connectivity index (χ3v) is 2.77. The van der Waals surface area contributed by atoms with Gasteiger partial charge in [0.15, 0.2) is 6.04 Å². The molecule has 1 aromatic carbocycles. The predicted molar refractivity (Wildman–Crippen MR) is 72.6 cm³/mol. The molecule has 0 saturated heterocycles. The quantitative estimate of drug-likeness (QED) is 0.633. The maximum atomic E-state index is 11.8. The minimum atomic E-state index is -1.32. The topological polar surface area (TPSA) is 81.4 Å². The Morgan fingerprint density at radius 1 is 1.47 bits per heavy atom. The van der Waals surface area contributed by atoms with Gasteiger partial charge in [-0.15, -0.1) is 0 Å². The number of rotatable bonds is 5. The average molecular weight is 285 g/mol. The van der Waals surface area contributed by atoms with Crippen molar-refractivity contribution in [2.24, 2.45) is 5.73 Å². The van der Waals surface area contributed by atoms with Gasteiger partial charge in [-0.3, -0.25) is 4.79 Å². The molecule has 0 heterocycles. The summed E-state index contributed by atoms with van der Waals surface area (Å²) in [6.45, 7) is 3.61. The van der Waals surface area contributed by atoms with Crippen LogP contribution in [-0.2, 0) is 14.3 Å². The molecule has 2 atom stereocenters. The molecule has 0 bridgehead atoms.